The number of aliphatic hydroxyl groups is 1. The maximum atomic E-state index is 11.4. The Bertz CT molecular complexity index is 428. The van der Waals surface area contributed by atoms with E-state index in [2.05, 4.69) is 10.2 Å². The molecule has 1 aliphatic rings. The third-order valence-electron chi connectivity index (χ3n) is 3.08. The van der Waals surface area contributed by atoms with Gasteiger partial charge in [-0.15, -0.1) is 0 Å². The molecule has 0 bridgehead atoms. The lowest BCUT2D eigenvalue weighted by Crippen LogP contribution is -2.35. The zero-order chi connectivity index (χ0) is 13.7. The highest BCUT2D eigenvalue weighted by molar-refractivity contribution is 5.93. The summed E-state index contributed by atoms with van der Waals surface area (Å²) < 4.78 is 5.31. The highest BCUT2D eigenvalue weighted by Gasteiger charge is 2.12. The van der Waals surface area contributed by atoms with Gasteiger partial charge in [0.15, 0.2) is 0 Å². The average molecular weight is 264 g/mol. The zero-order valence-corrected chi connectivity index (χ0v) is 11.1. The number of aliphatic hydroxyl groups excluding tert-OH is 1. The van der Waals surface area contributed by atoms with Crippen LogP contribution in [0.1, 0.15) is 12.5 Å². The van der Waals surface area contributed by atoms with Crippen LogP contribution in [0.25, 0.3) is 0 Å². The number of amides is 1. The van der Waals surface area contributed by atoms with Gasteiger partial charge in [0.25, 0.3) is 5.91 Å². The number of ether oxygens (including phenoxy) is 1. The van der Waals surface area contributed by atoms with Gasteiger partial charge in [0.1, 0.15) is 6.10 Å². The molecule has 0 spiro atoms. The summed E-state index contributed by atoms with van der Waals surface area (Å²) in [4.78, 5) is 13.7. The van der Waals surface area contributed by atoms with E-state index in [9.17, 15) is 9.90 Å². The van der Waals surface area contributed by atoms with Crippen molar-refractivity contribution in [3.8, 4) is 0 Å². The second kappa shape index (κ2) is 6.65. The molecule has 0 saturated carbocycles. The first-order chi connectivity index (χ1) is 9.15. The zero-order valence-electron chi connectivity index (χ0n) is 11.1. The monoisotopic (exact) mass is 264 g/mol. The lowest BCUT2D eigenvalue weighted by molar-refractivity contribution is -0.123. The van der Waals surface area contributed by atoms with Crippen molar-refractivity contribution in [1.82, 2.24) is 4.90 Å². The van der Waals surface area contributed by atoms with Gasteiger partial charge in [-0.1, -0.05) is 12.1 Å². The fourth-order valence-corrected chi connectivity index (χ4v) is 2.01. The van der Waals surface area contributed by atoms with Crippen LogP contribution in [0.4, 0.5) is 5.69 Å². The van der Waals surface area contributed by atoms with E-state index < -0.39 is 6.10 Å². The Kier molecular flexibility index (Phi) is 4.90. The van der Waals surface area contributed by atoms with Gasteiger partial charge >= 0.3 is 0 Å². The third-order valence-corrected chi connectivity index (χ3v) is 3.08. The predicted octanol–water partition coefficient (Wildman–Crippen LogP) is 0.838. The van der Waals surface area contributed by atoms with Gasteiger partial charge in [0, 0.05) is 25.3 Å². The molecule has 5 nitrogen and oxygen atoms in total. The number of hydrogen-bond acceptors (Lipinski definition) is 4. The highest BCUT2D eigenvalue weighted by atomic mass is 16.5. The summed E-state index contributed by atoms with van der Waals surface area (Å²) in [6, 6.07) is 7.71. The Labute approximate surface area is 113 Å². The Morgan fingerprint density at radius 2 is 2.21 bits per heavy atom. The van der Waals surface area contributed by atoms with Gasteiger partial charge in [-0.3, -0.25) is 9.69 Å². The number of hydrogen-bond donors (Lipinski definition) is 2. The smallest absolute Gasteiger partial charge is 0.252 e. The minimum Gasteiger partial charge on any atom is -0.384 e. The van der Waals surface area contributed by atoms with Crippen molar-refractivity contribution in [2.45, 2.75) is 19.6 Å². The maximum Gasteiger partial charge on any atom is 0.252 e. The third kappa shape index (κ3) is 4.31. The lowest BCUT2D eigenvalue weighted by atomic mass is 10.1. The summed E-state index contributed by atoms with van der Waals surface area (Å²) in [6.07, 6.45) is -0.997. The van der Waals surface area contributed by atoms with Crippen molar-refractivity contribution in [1.29, 1.82) is 0 Å². The molecule has 1 unspecified atom stereocenters. The van der Waals surface area contributed by atoms with Crippen molar-refractivity contribution in [2.24, 2.45) is 0 Å². The van der Waals surface area contributed by atoms with Gasteiger partial charge in [-0.25, -0.2) is 0 Å². The van der Waals surface area contributed by atoms with E-state index in [-0.39, 0.29) is 5.91 Å². The standard InChI is InChI=1S/C14H20N2O3/c1-11(17)14(18)15-13-4-2-3-12(9-13)10-16-5-7-19-8-6-16/h2-4,9,11,17H,5-8,10H2,1H3,(H,15,18). The summed E-state index contributed by atoms with van der Waals surface area (Å²) in [5, 5.41) is 11.9. The van der Waals surface area contributed by atoms with Crippen LogP contribution in [0.15, 0.2) is 24.3 Å². The summed E-state index contributed by atoms with van der Waals surface area (Å²) >= 11 is 0. The van der Waals surface area contributed by atoms with Crippen molar-refractivity contribution in [3.05, 3.63) is 29.8 Å². The lowest BCUT2D eigenvalue weighted by Gasteiger charge is -2.26. The molecule has 104 valence electrons. The van der Waals surface area contributed by atoms with Gasteiger partial charge in [0.05, 0.1) is 13.2 Å². The molecular weight excluding hydrogens is 244 g/mol. The molecule has 19 heavy (non-hydrogen) atoms. The summed E-state index contributed by atoms with van der Waals surface area (Å²) in [7, 11) is 0. The van der Waals surface area contributed by atoms with E-state index >= 15 is 0 Å². The van der Waals surface area contributed by atoms with E-state index in [0.717, 1.165) is 44.1 Å². The molecule has 1 heterocycles. The van der Waals surface area contributed by atoms with Gasteiger partial charge in [0.2, 0.25) is 0 Å². The molecule has 1 aliphatic heterocycles. The molecular formula is C14H20N2O3. The molecule has 1 fully saturated rings. The van der Waals surface area contributed by atoms with Gasteiger partial charge in [-0.05, 0) is 24.6 Å². The first-order valence-electron chi connectivity index (χ1n) is 6.53. The first-order valence-corrected chi connectivity index (χ1v) is 6.53. The van der Waals surface area contributed by atoms with Crippen LogP contribution in [0.2, 0.25) is 0 Å². The molecule has 2 rings (SSSR count). The SMILES string of the molecule is CC(O)C(=O)Nc1cccc(CN2CCOCC2)c1. The van der Waals surface area contributed by atoms with E-state index in [1.54, 1.807) is 0 Å². The van der Waals surface area contributed by atoms with E-state index in [1.807, 2.05) is 24.3 Å². The molecule has 1 aromatic rings. The molecule has 1 atom stereocenters. The fourth-order valence-electron chi connectivity index (χ4n) is 2.01. The molecule has 5 heteroatoms. The van der Waals surface area contributed by atoms with Crippen molar-refractivity contribution in [3.63, 3.8) is 0 Å². The topological polar surface area (TPSA) is 61.8 Å². The van der Waals surface area contributed by atoms with Crippen LogP contribution in [0, 0.1) is 0 Å². The molecule has 1 saturated heterocycles. The molecule has 0 radical (unpaired) electrons. The first kappa shape index (κ1) is 14.0. The summed E-state index contributed by atoms with van der Waals surface area (Å²) in [5.74, 6) is -0.386. The molecule has 0 aliphatic carbocycles. The number of carbonyl (C=O) groups excluding carboxylic acids is 1. The Hall–Kier alpha value is -1.43. The number of anilines is 1. The van der Waals surface area contributed by atoms with Crippen molar-refractivity contribution >= 4 is 11.6 Å². The second-order valence-electron chi connectivity index (χ2n) is 4.75. The Morgan fingerprint density at radius 1 is 1.47 bits per heavy atom. The Balaban J connectivity index is 1.96. The highest BCUT2D eigenvalue weighted by Crippen LogP contribution is 2.13. The van der Waals surface area contributed by atoms with Crippen molar-refractivity contribution < 1.29 is 14.6 Å². The maximum absolute atomic E-state index is 11.4. The van der Waals surface area contributed by atoms with Crippen LogP contribution in [0.3, 0.4) is 0 Å². The summed E-state index contributed by atoms with van der Waals surface area (Å²) in [5.41, 5.74) is 1.86. The van der Waals surface area contributed by atoms with Crippen LogP contribution in [0.5, 0.6) is 0 Å². The average Bonchev–Trinajstić information content (AvgIpc) is 2.40. The van der Waals surface area contributed by atoms with Crippen LogP contribution >= 0.6 is 0 Å². The number of nitrogens with one attached hydrogen (secondary N) is 1. The fraction of sp³-hybridized carbons (Fsp3) is 0.500. The van der Waals surface area contributed by atoms with Gasteiger partial charge < -0.3 is 15.2 Å². The molecule has 0 aromatic heterocycles. The quantitative estimate of drug-likeness (QED) is 0.846. The molecule has 1 amide bonds. The normalized spacial score (nSPS) is 18.0. The van der Waals surface area contributed by atoms with Gasteiger partial charge in [-0.2, -0.15) is 0 Å². The number of carbonyl (C=O) groups is 1. The predicted molar refractivity (Wildman–Crippen MR) is 72.8 cm³/mol. The van der Waals surface area contributed by atoms with E-state index in [4.69, 9.17) is 4.74 Å². The Morgan fingerprint density at radius 3 is 2.89 bits per heavy atom. The van der Waals surface area contributed by atoms with Crippen LogP contribution < -0.4 is 5.32 Å². The molecule has 2 N–H and O–H groups in total. The van der Waals surface area contributed by atoms with Crippen molar-refractivity contribution in [2.75, 3.05) is 31.6 Å². The van der Waals surface area contributed by atoms with Crippen LogP contribution in [-0.4, -0.2) is 48.3 Å². The number of morpholine rings is 1. The molecule has 1 aromatic carbocycles. The number of benzene rings is 1. The largest absolute Gasteiger partial charge is 0.384 e. The number of nitrogens with zero attached hydrogens (tertiary/aromatic N) is 1. The number of rotatable bonds is 4. The summed E-state index contributed by atoms with van der Waals surface area (Å²) in [6.45, 7) is 5.72. The minimum atomic E-state index is -0.997. The van der Waals surface area contributed by atoms with Crippen LogP contribution in [-0.2, 0) is 16.1 Å². The minimum absolute atomic E-state index is 0.386. The second-order valence-corrected chi connectivity index (χ2v) is 4.75. The van der Waals surface area contributed by atoms with E-state index in [0.29, 0.717) is 0 Å². The van der Waals surface area contributed by atoms with E-state index in [1.165, 1.54) is 6.92 Å².